The SMILES string of the molecule is CCC(c1ccccc1)[N+](F)(F)F. The van der Waals surface area contributed by atoms with Crippen LogP contribution in [0.25, 0.3) is 0 Å². The summed E-state index contributed by atoms with van der Waals surface area (Å²) < 4.78 is 37.0. The van der Waals surface area contributed by atoms with Crippen LogP contribution in [-0.2, 0) is 0 Å². The number of rotatable bonds is 3. The van der Waals surface area contributed by atoms with Crippen molar-refractivity contribution in [1.29, 1.82) is 0 Å². The third-order valence-corrected chi connectivity index (χ3v) is 1.92. The molecule has 0 aliphatic rings. The van der Waals surface area contributed by atoms with Crippen LogP contribution < -0.4 is 0 Å². The number of hydrogen-bond donors (Lipinski definition) is 0. The van der Waals surface area contributed by atoms with E-state index in [1.165, 1.54) is 19.1 Å². The third kappa shape index (κ3) is 2.45. The quantitative estimate of drug-likeness (QED) is 0.639. The summed E-state index contributed by atoms with van der Waals surface area (Å²) in [6, 6.07) is 6.56. The molecule has 4 heteroatoms. The highest BCUT2D eigenvalue weighted by Crippen LogP contribution is 2.33. The maximum absolute atomic E-state index is 12.3. The highest BCUT2D eigenvalue weighted by atomic mass is 19.6. The van der Waals surface area contributed by atoms with E-state index >= 15 is 0 Å². The van der Waals surface area contributed by atoms with Crippen LogP contribution in [0.1, 0.15) is 24.9 Å². The molecule has 0 fully saturated rings. The fourth-order valence-corrected chi connectivity index (χ4v) is 1.29. The summed E-state index contributed by atoms with van der Waals surface area (Å²) in [6.07, 6.45) is 0.0630. The van der Waals surface area contributed by atoms with E-state index in [1.807, 2.05) is 0 Å². The highest BCUT2D eigenvalue weighted by Gasteiger charge is 2.43. The molecule has 0 N–H and O–H groups in total. The monoisotopic (exact) mass is 190 g/mol. The minimum Gasteiger partial charge on any atom is -0.0622 e. The molecule has 1 aromatic carbocycles. The summed E-state index contributed by atoms with van der Waals surface area (Å²) >= 11 is 0. The van der Waals surface area contributed by atoms with E-state index in [0.29, 0.717) is 5.56 Å². The van der Waals surface area contributed by atoms with Crippen LogP contribution in [0.4, 0.5) is 13.4 Å². The Bertz CT molecular complexity index is 255. The normalized spacial score (nSPS) is 14.2. The molecule has 0 heterocycles. The van der Waals surface area contributed by atoms with E-state index in [1.54, 1.807) is 18.2 Å². The third-order valence-electron chi connectivity index (χ3n) is 1.92. The van der Waals surface area contributed by atoms with Gasteiger partial charge in [-0.25, -0.2) is 0 Å². The van der Waals surface area contributed by atoms with Gasteiger partial charge in [-0.15, -0.1) is 0 Å². The van der Waals surface area contributed by atoms with Crippen LogP contribution in [0.5, 0.6) is 0 Å². The average Bonchev–Trinajstić information content (AvgIpc) is 2.05. The molecule has 0 radical (unpaired) electrons. The minimum atomic E-state index is -3.50. The number of nitrogens with zero attached hydrogens (tertiary/aromatic N) is 1. The van der Waals surface area contributed by atoms with Gasteiger partial charge in [0.2, 0.25) is 6.04 Å². The topological polar surface area (TPSA) is 0 Å². The van der Waals surface area contributed by atoms with Gasteiger partial charge in [0.25, 0.3) is 5.15 Å². The van der Waals surface area contributed by atoms with Gasteiger partial charge in [-0.3, -0.25) is 0 Å². The van der Waals surface area contributed by atoms with Gasteiger partial charge in [0.05, 0.1) is 13.4 Å². The second-order valence-electron chi connectivity index (χ2n) is 2.82. The maximum atomic E-state index is 12.3. The highest BCUT2D eigenvalue weighted by molar-refractivity contribution is 5.16. The Labute approximate surface area is 74.8 Å². The Hall–Kier alpha value is -1.03. The van der Waals surface area contributed by atoms with Crippen molar-refractivity contribution in [2.24, 2.45) is 0 Å². The molecule has 0 bridgehead atoms. The summed E-state index contributed by atoms with van der Waals surface area (Å²) in [6.45, 7) is 1.53. The average molecular weight is 190 g/mol. The molecule has 0 aliphatic carbocycles. The van der Waals surface area contributed by atoms with Crippen molar-refractivity contribution < 1.29 is 18.6 Å². The van der Waals surface area contributed by atoms with Gasteiger partial charge in [-0.05, 0) is 0 Å². The van der Waals surface area contributed by atoms with Gasteiger partial charge < -0.3 is 0 Å². The van der Waals surface area contributed by atoms with Crippen molar-refractivity contribution in [2.75, 3.05) is 0 Å². The smallest absolute Gasteiger partial charge is 0.0622 e. The number of quaternary nitrogens is 1. The lowest BCUT2D eigenvalue weighted by Gasteiger charge is -2.12. The predicted molar refractivity (Wildman–Crippen MR) is 43.1 cm³/mol. The van der Waals surface area contributed by atoms with Crippen LogP contribution in [0, 0.1) is 0 Å². The zero-order valence-electron chi connectivity index (χ0n) is 7.25. The zero-order valence-corrected chi connectivity index (χ0v) is 7.25. The lowest BCUT2D eigenvalue weighted by molar-refractivity contribution is -1.29. The Morgan fingerprint density at radius 1 is 1.15 bits per heavy atom. The van der Waals surface area contributed by atoms with Crippen LogP contribution in [0.3, 0.4) is 0 Å². The zero-order chi connectivity index (χ0) is 9.90. The molecule has 0 spiro atoms. The predicted octanol–water partition coefficient (Wildman–Crippen LogP) is 3.61. The molecule has 72 valence electrons. The Morgan fingerprint density at radius 2 is 1.69 bits per heavy atom. The summed E-state index contributed by atoms with van der Waals surface area (Å²) in [4.78, 5) is 0. The van der Waals surface area contributed by atoms with Crippen LogP contribution in [0.15, 0.2) is 30.3 Å². The fraction of sp³-hybridized carbons (Fsp3) is 0.333. The van der Waals surface area contributed by atoms with E-state index in [0.717, 1.165) is 0 Å². The Morgan fingerprint density at radius 3 is 2.08 bits per heavy atom. The van der Waals surface area contributed by atoms with Crippen molar-refractivity contribution in [3.05, 3.63) is 35.9 Å². The van der Waals surface area contributed by atoms with Crippen molar-refractivity contribution in [3.8, 4) is 0 Å². The van der Waals surface area contributed by atoms with E-state index in [9.17, 15) is 13.4 Å². The van der Waals surface area contributed by atoms with Gasteiger partial charge in [0.1, 0.15) is 0 Å². The number of halogens is 3. The van der Waals surface area contributed by atoms with E-state index in [-0.39, 0.29) is 6.42 Å². The maximum Gasteiger partial charge on any atom is 0.251 e. The van der Waals surface area contributed by atoms with E-state index < -0.39 is 11.2 Å². The molecule has 0 saturated heterocycles. The molecular weight excluding hydrogens is 179 g/mol. The van der Waals surface area contributed by atoms with Gasteiger partial charge in [-0.2, -0.15) is 0 Å². The molecular formula is C9H11F3N+. The lowest BCUT2D eigenvalue weighted by Crippen LogP contribution is -2.24. The summed E-state index contributed by atoms with van der Waals surface area (Å²) in [5.41, 5.74) is 0.317. The van der Waals surface area contributed by atoms with E-state index in [2.05, 4.69) is 0 Å². The standard InChI is InChI=1S/C9H11F3N/c1-2-9(13(10,11)12)8-6-4-3-5-7-8/h3-7,9H,2H2,1H3/q+1. The molecule has 0 amide bonds. The Balaban J connectivity index is 2.92. The molecule has 1 aromatic rings. The lowest BCUT2D eigenvalue weighted by atomic mass is 10.1. The van der Waals surface area contributed by atoms with Crippen molar-refractivity contribution in [3.63, 3.8) is 0 Å². The first-order valence-corrected chi connectivity index (χ1v) is 4.08. The largest absolute Gasteiger partial charge is 0.251 e. The second-order valence-corrected chi connectivity index (χ2v) is 2.82. The fourth-order valence-electron chi connectivity index (χ4n) is 1.29. The van der Waals surface area contributed by atoms with Crippen LogP contribution >= 0.6 is 0 Å². The number of hydrogen-bond acceptors (Lipinski definition) is 0. The second kappa shape index (κ2) is 3.79. The van der Waals surface area contributed by atoms with Crippen molar-refractivity contribution in [2.45, 2.75) is 19.4 Å². The molecule has 1 atom stereocenters. The summed E-state index contributed by atoms with van der Waals surface area (Å²) in [5, 5.41) is -3.50. The first-order chi connectivity index (χ1) is 6.05. The minimum absolute atomic E-state index is 0.0630. The van der Waals surface area contributed by atoms with Gasteiger partial charge >= 0.3 is 0 Å². The first-order valence-electron chi connectivity index (χ1n) is 4.08. The Kier molecular flexibility index (Phi) is 2.93. The molecule has 0 aromatic heterocycles. The molecule has 1 unspecified atom stereocenters. The van der Waals surface area contributed by atoms with Crippen molar-refractivity contribution in [1.82, 2.24) is 0 Å². The molecule has 1 nitrogen and oxygen atoms in total. The van der Waals surface area contributed by atoms with Crippen LogP contribution in [0.2, 0.25) is 0 Å². The molecule has 0 aliphatic heterocycles. The molecule has 13 heavy (non-hydrogen) atoms. The summed E-state index contributed by atoms with van der Waals surface area (Å²) in [7, 11) is 0. The van der Waals surface area contributed by atoms with Crippen molar-refractivity contribution >= 4 is 0 Å². The van der Waals surface area contributed by atoms with Gasteiger partial charge in [-0.1, -0.05) is 37.3 Å². The van der Waals surface area contributed by atoms with Gasteiger partial charge in [0.15, 0.2) is 0 Å². The summed E-state index contributed by atoms with van der Waals surface area (Å²) in [5.74, 6) is 0. The van der Waals surface area contributed by atoms with Gasteiger partial charge in [0, 0.05) is 12.0 Å². The molecule has 0 saturated carbocycles. The number of benzene rings is 1. The van der Waals surface area contributed by atoms with E-state index in [4.69, 9.17) is 0 Å². The van der Waals surface area contributed by atoms with Crippen LogP contribution in [-0.4, -0.2) is 5.15 Å². The first kappa shape index (κ1) is 10.1. The molecule has 1 rings (SSSR count).